The molecule has 0 saturated heterocycles. The Balaban J connectivity index is 2.34. The average Bonchev–Trinajstić information content (AvgIpc) is 2.17. The van der Waals surface area contributed by atoms with E-state index in [9.17, 15) is 9.50 Å². The van der Waals surface area contributed by atoms with Crippen LogP contribution < -0.4 is 5.73 Å². The number of nitrogens with two attached hydrogens (primary N) is 1. The van der Waals surface area contributed by atoms with Crippen LogP contribution >= 0.6 is 0 Å². The van der Waals surface area contributed by atoms with E-state index in [1.54, 1.807) is 12.1 Å². The third kappa shape index (κ3) is 3.85. The maximum absolute atomic E-state index is 12.5. The number of hydrogen-bond acceptors (Lipinski definition) is 2. The Kier molecular flexibility index (Phi) is 4.56. The van der Waals surface area contributed by atoms with Crippen molar-refractivity contribution in [3.8, 4) is 0 Å². The zero-order valence-electron chi connectivity index (χ0n) is 8.12. The molecule has 2 nitrogen and oxygen atoms in total. The minimum Gasteiger partial charge on any atom is -0.393 e. The highest BCUT2D eigenvalue weighted by Crippen LogP contribution is 2.08. The highest BCUT2D eigenvalue weighted by Gasteiger charge is 2.03. The third-order valence-electron chi connectivity index (χ3n) is 2.18. The summed E-state index contributed by atoms with van der Waals surface area (Å²) in [6.45, 7) is 0.505. The van der Waals surface area contributed by atoms with Gasteiger partial charge in [0.25, 0.3) is 0 Å². The highest BCUT2D eigenvalue weighted by molar-refractivity contribution is 5.16. The van der Waals surface area contributed by atoms with Crippen LogP contribution in [0.1, 0.15) is 18.4 Å². The normalized spacial score (nSPS) is 12.8. The van der Waals surface area contributed by atoms with Crippen molar-refractivity contribution in [3.63, 3.8) is 0 Å². The summed E-state index contributed by atoms with van der Waals surface area (Å²) in [6, 6.07) is 6.35. The van der Waals surface area contributed by atoms with Crippen LogP contribution in [0, 0.1) is 5.82 Å². The molecule has 3 N–H and O–H groups in total. The zero-order valence-corrected chi connectivity index (χ0v) is 8.12. The molecule has 1 rings (SSSR count). The SMILES string of the molecule is NCCC(O)CCc1ccc(F)cc1. The fourth-order valence-electron chi connectivity index (χ4n) is 1.32. The molecule has 78 valence electrons. The predicted molar refractivity (Wildman–Crippen MR) is 54.4 cm³/mol. The lowest BCUT2D eigenvalue weighted by Gasteiger charge is -2.08. The van der Waals surface area contributed by atoms with E-state index in [0.29, 0.717) is 19.4 Å². The Labute approximate surface area is 83.6 Å². The summed E-state index contributed by atoms with van der Waals surface area (Å²) in [6.07, 6.45) is 1.73. The largest absolute Gasteiger partial charge is 0.393 e. The van der Waals surface area contributed by atoms with Gasteiger partial charge in [0.2, 0.25) is 0 Å². The van der Waals surface area contributed by atoms with E-state index in [1.807, 2.05) is 0 Å². The van der Waals surface area contributed by atoms with Gasteiger partial charge < -0.3 is 10.8 Å². The molecule has 0 heterocycles. The molecule has 0 amide bonds. The first-order valence-electron chi connectivity index (χ1n) is 4.85. The molecule has 0 aliphatic heterocycles. The molecule has 1 unspecified atom stereocenters. The van der Waals surface area contributed by atoms with Crippen LogP contribution in [-0.2, 0) is 6.42 Å². The van der Waals surface area contributed by atoms with Crippen molar-refractivity contribution in [1.29, 1.82) is 0 Å². The first-order chi connectivity index (χ1) is 6.72. The molecule has 0 aromatic heterocycles. The van der Waals surface area contributed by atoms with Crippen LogP contribution in [0.3, 0.4) is 0 Å². The predicted octanol–water partition coefficient (Wildman–Crippen LogP) is 1.47. The summed E-state index contributed by atoms with van der Waals surface area (Å²) < 4.78 is 12.5. The minimum absolute atomic E-state index is 0.226. The lowest BCUT2D eigenvalue weighted by Crippen LogP contribution is -2.14. The van der Waals surface area contributed by atoms with E-state index in [4.69, 9.17) is 5.73 Å². The lowest BCUT2D eigenvalue weighted by atomic mass is 10.1. The molecule has 0 fully saturated rings. The van der Waals surface area contributed by atoms with E-state index in [1.165, 1.54) is 12.1 Å². The molecular formula is C11H16FNO. The minimum atomic E-state index is -0.343. The Morgan fingerprint density at radius 3 is 2.43 bits per heavy atom. The fourth-order valence-corrected chi connectivity index (χ4v) is 1.32. The second-order valence-electron chi connectivity index (χ2n) is 3.40. The molecule has 0 radical (unpaired) electrons. The van der Waals surface area contributed by atoms with Crippen molar-refractivity contribution < 1.29 is 9.50 Å². The van der Waals surface area contributed by atoms with Gasteiger partial charge in [-0.25, -0.2) is 4.39 Å². The number of aliphatic hydroxyl groups is 1. The van der Waals surface area contributed by atoms with Crippen molar-refractivity contribution in [2.75, 3.05) is 6.54 Å². The standard InChI is InChI=1S/C11H16FNO/c12-10-4-1-9(2-5-10)3-6-11(14)7-8-13/h1-2,4-5,11,14H,3,6-8,13H2. The van der Waals surface area contributed by atoms with E-state index in [2.05, 4.69) is 0 Å². The van der Waals surface area contributed by atoms with E-state index in [-0.39, 0.29) is 11.9 Å². The van der Waals surface area contributed by atoms with Gasteiger partial charge in [-0.1, -0.05) is 12.1 Å². The van der Waals surface area contributed by atoms with Crippen LogP contribution in [0.4, 0.5) is 4.39 Å². The van der Waals surface area contributed by atoms with Gasteiger partial charge in [0.05, 0.1) is 6.10 Å². The third-order valence-corrected chi connectivity index (χ3v) is 2.18. The van der Waals surface area contributed by atoms with Gasteiger partial charge in [-0.2, -0.15) is 0 Å². The lowest BCUT2D eigenvalue weighted by molar-refractivity contribution is 0.157. The molecule has 1 atom stereocenters. The van der Waals surface area contributed by atoms with Crippen molar-refractivity contribution >= 4 is 0 Å². The molecule has 14 heavy (non-hydrogen) atoms. The van der Waals surface area contributed by atoms with E-state index < -0.39 is 0 Å². The number of aryl methyl sites for hydroxylation is 1. The van der Waals surface area contributed by atoms with Gasteiger partial charge in [-0.15, -0.1) is 0 Å². The molecule has 0 saturated carbocycles. The summed E-state index contributed by atoms with van der Waals surface area (Å²) >= 11 is 0. The maximum Gasteiger partial charge on any atom is 0.123 e. The van der Waals surface area contributed by atoms with Crippen molar-refractivity contribution in [1.82, 2.24) is 0 Å². The van der Waals surface area contributed by atoms with Crippen LogP contribution in [-0.4, -0.2) is 17.8 Å². The van der Waals surface area contributed by atoms with Crippen LogP contribution in [0.15, 0.2) is 24.3 Å². The second-order valence-corrected chi connectivity index (χ2v) is 3.40. The van der Waals surface area contributed by atoms with Gasteiger partial charge in [0, 0.05) is 0 Å². The molecule has 1 aromatic carbocycles. The molecule has 0 aliphatic carbocycles. The number of hydrogen-bond donors (Lipinski definition) is 2. The van der Waals surface area contributed by atoms with Gasteiger partial charge in [-0.3, -0.25) is 0 Å². The second kappa shape index (κ2) is 5.73. The summed E-state index contributed by atoms with van der Waals surface area (Å²) in [4.78, 5) is 0. The smallest absolute Gasteiger partial charge is 0.123 e. The monoisotopic (exact) mass is 197 g/mol. The molecule has 1 aromatic rings. The van der Waals surface area contributed by atoms with Crippen molar-refractivity contribution in [2.24, 2.45) is 5.73 Å². The number of halogens is 1. The number of benzene rings is 1. The van der Waals surface area contributed by atoms with Crippen LogP contribution in [0.5, 0.6) is 0 Å². The van der Waals surface area contributed by atoms with E-state index >= 15 is 0 Å². The summed E-state index contributed by atoms with van der Waals surface area (Å²) in [5.41, 5.74) is 6.35. The summed E-state index contributed by atoms with van der Waals surface area (Å²) in [5.74, 6) is -0.226. The highest BCUT2D eigenvalue weighted by atomic mass is 19.1. The topological polar surface area (TPSA) is 46.2 Å². The van der Waals surface area contributed by atoms with Gasteiger partial charge in [0.1, 0.15) is 5.82 Å². The summed E-state index contributed by atoms with van der Waals surface area (Å²) in [7, 11) is 0. The van der Waals surface area contributed by atoms with Crippen LogP contribution in [0.25, 0.3) is 0 Å². The molecule has 3 heteroatoms. The quantitative estimate of drug-likeness (QED) is 0.750. The van der Waals surface area contributed by atoms with Crippen molar-refractivity contribution in [3.05, 3.63) is 35.6 Å². The molecule has 0 spiro atoms. The first kappa shape index (κ1) is 11.1. The molecule has 0 aliphatic rings. The summed E-state index contributed by atoms with van der Waals surface area (Å²) in [5, 5.41) is 9.41. The zero-order chi connectivity index (χ0) is 10.4. The maximum atomic E-state index is 12.5. The Morgan fingerprint density at radius 2 is 1.86 bits per heavy atom. The van der Waals surface area contributed by atoms with Gasteiger partial charge in [0.15, 0.2) is 0 Å². The van der Waals surface area contributed by atoms with Gasteiger partial charge in [-0.05, 0) is 43.5 Å². The molecular weight excluding hydrogens is 181 g/mol. The van der Waals surface area contributed by atoms with Crippen LogP contribution in [0.2, 0.25) is 0 Å². The average molecular weight is 197 g/mol. The number of rotatable bonds is 5. The Bertz CT molecular complexity index is 260. The first-order valence-corrected chi connectivity index (χ1v) is 4.85. The fraction of sp³-hybridized carbons (Fsp3) is 0.455. The van der Waals surface area contributed by atoms with Gasteiger partial charge >= 0.3 is 0 Å². The number of aliphatic hydroxyl groups excluding tert-OH is 1. The Morgan fingerprint density at radius 1 is 1.21 bits per heavy atom. The van der Waals surface area contributed by atoms with E-state index in [0.717, 1.165) is 12.0 Å². The van der Waals surface area contributed by atoms with Crippen molar-refractivity contribution in [2.45, 2.75) is 25.4 Å². The Hall–Kier alpha value is -0.930. The molecule has 0 bridgehead atoms.